The number of aliphatic imine (C=N–C) groups is 1. The molecule has 1 unspecified atom stereocenters. The Labute approximate surface area is 133 Å². The number of carbonyl (C=O) groups excluding carboxylic acids is 1. The summed E-state index contributed by atoms with van der Waals surface area (Å²) in [5.41, 5.74) is 1.21. The van der Waals surface area contributed by atoms with Gasteiger partial charge < -0.3 is 15.4 Å². The Bertz CT molecular complexity index is 460. The van der Waals surface area contributed by atoms with Gasteiger partial charge in [-0.2, -0.15) is 0 Å². The summed E-state index contributed by atoms with van der Waals surface area (Å²) in [5, 5.41) is 6.59. The molecular formula is C17H27N3O2. The fraction of sp³-hybridized carbons (Fsp3) is 0.529. The number of guanidine groups is 1. The van der Waals surface area contributed by atoms with Crippen molar-refractivity contribution in [2.75, 3.05) is 19.7 Å². The monoisotopic (exact) mass is 305 g/mol. The van der Waals surface area contributed by atoms with Gasteiger partial charge in [0.05, 0.1) is 12.6 Å². The largest absolute Gasteiger partial charge is 0.466 e. The summed E-state index contributed by atoms with van der Waals surface area (Å²) in [5.74, 6) is 0.607. The molecule has 0 saturated carbocycles. The van der Waals surface area contributed by atoms with E-state index >= 15 is 0 Å². The van der Waals surface area contributed by atoms with Gasteiger partial charge in [-0.3, -0.25) is 9.79 Å². The first kappa shape index (κ1) is 18.0. The van der Waals surface area contributed by atoms with Crippen LogP contribution in [0.25, 0.3) is 0 Å². The molecule has 0 aromatic heterocycles. The van der Waals surface area contributed by atoms with Crippen molar-refractivity contribution in [3.8, 4) is 0 Å². The zero-order valence-corrected chi connectivity index (χ0v) is 13.8. The molecule has 0 radical (unpaired) electrons. The predicted molar refractivity (Wildman–Crippen MR) is 89.8 cm³/mol. The van der Waals surface area contributed by atoms with Crippen molar-refractivity contribution < 1.29 is 9.53 Å². The van der Waals surface area contributed by atoms with Gasteiger partial charge >= 0.3 is 5.97 Å². The van der Waals surface area contributed by atoms with Crippen LogP contribution in [0.4, 0.5) is 0 Å². The average Bonchev–Trinajstić information content (AvgIpc) is 2.52. The van der Waals surface area contributed by atoms with Crippen LogP contribution >= 0.6 is 0 Å². The third-order valence-corrected chi connectivity index (χ3v) is 3.11. The van der Waals surface area contributed by atoms with Crippen LogP contribution < -0.4 is 10.6 Å². The second-order valence-corrected chi connectivity index (χ2v) is 4.95. The van der Waals surface area contributed by atoms with Crippen molar-refractivity contribution in [2.45, 2.75) is 39.7 Å². The molecule has 0 fully saturated rings. The SMILES string of the molecule is CCNC(=NCCCC(=O)OCC)NC(C)c1ccccc1. The number of ether oxygens (including phenoxy) is 1. The minimum absolute atomic E-state index is 0.159. The lowest BCUT2D eigenvalue weighted by Crippen LogP contribution is -2.38. The Hall–Kier alpha value is -2.04. The summed E-state index contributed by atoms with van der Waals surface area (Å²) < 4.78 is 4.90. The van der Waals surface area contributed by atoms with Crippen molar-refractivity contribution in [3.63, 3.8) is 0 Å². The highest BCUT2D eigenvalue weighted by Gasteiger charge is 2.07. The molecule has 5 heteroatoms. The van der Waals surface area contributed by atoms with E-state index in [4.69, 9.17) is 4.74 Å². The topological polar surface area (TPSA) is 62.7 Å². The number of nitrogens with zero attached hydrogens (tertiary/aromatic N) is 1. The van der Waals surface area contributed by atoms with Crippen LogP contribution in [-0.4, -0.2) is 31.6 Å². The Balaban J connectivity index is 2.46. The predicted octanol–water partition coefficient (Wildman–Crippen LogP) is 2.65. The van der Waals surface area contributed by atoms with Gasteiger partial charge in [0.2, 0.25) is 0 Å². The molecule has 0 aliphatic carbocycles. The van der Waals surface area contributed by atoms with E-state index in [1.54, 1.807) is 0 Å². The van der Waals surface area contributed by atoms with Gasteiger partial charge in [-0.25, -0.2) is 0 Å². The molecule has 0 aliphatic rings. The molecule has 122 valence electrons. The van der Waals surface area contributed by atoms with Gasteiger partial charge in [-0.05, 0) is 32.8 Å². The molecule has 22 heavy (non-hydrogen) atoms. The van der Waals surface area contributed by atoms with Crippen molar-refractivity contribution in [3.05, 3.63) is 35.9 Å². The first-order valence-corrected chi connectivity index (χ1v) is 7.92. The average molecular weight is 305 g/mol. The van der Waals surface area contributed by atoms with Gasteiger partial charge in [0.25, 0.3) is 0 Å². The van der Waals surface area contributed by atoms with Gasteiger partial charge in [-0.15, -0.1) is 0 Å². The standard InChI is InChI=1S/C17H27N3O2/c1-4-18-17(19-13-9-12-16(21)22-5-2)20-14(3)15-10-7-6-8-11-15/h6-8,10-11,14H,4-5,9,12-13H2,1-3H3,(H2,18,19,20). The summed E-state index contributed by atoms with van der Waals surface area (Å²) in [7, 11) is 0. The minimum atomic E-state index is -0.159. The summed E-state index contributed by atoms with van der Waals surface area (Å²) in [6.45, 7) is 7.76. The molecule has 0 amide bonds. The number of nitrogens with one attached hydrogen (secondary N) is 2. The molecule has 1 aromatic carbocycles. The third-order valence-electron chi connectivity index (χ3n) is 3.11. The lowest BCUT2D eigenvalue weighted by Gasteiger charge is -2.18. The van der Waals surface area contributed by atoms with E-state index < -0.39 is 0 Å². The maximum Gasteiger partial charge on any atom is 0.305 e. The number of esters is 1. The van der Waals surface area contributed by atoms with Crippen LogP contribution in [0.1, 0.15) is 45.2 Å². The van der Waals surface area contributed by atoms with Crippen molar-refractivity contribution >= 4 is 11.9 Å². The zero-order chi connectivity index (χ0) is 16.2. The number of hydrogen-bond acceptors (Lipinski definition) is 3. The number of carbonyl (C=O) groups is 1. The van der Waals surface area contributed by atoms with Crippen LogP contribution in [-0.2, 0) is 9.53 Å². The Morgan fingerprint density at radius 2 is 2.00 bits per heavy atom. The Kier molecular flexibility index (Phi) is 8.72. The van der Waals surface area contributed by atoms with E-state index in [-0.39, 0.29) is 12.0 Å². The number of rotatable bonds is 8. The fourth-order valence-electron chi connectivity index (χ4n) is 2.00. The van der Waals surface area contributed by atoms with Gasteiger partial charge in [0, 0.05) is 19.5 Å². The van der Waals surface area contributed by atoms with E-state index in [2.05, 4.69) is 34.7 Å². The quantitative estimate of drug-likeness (QED) is 0.335. The summed E-state index contributed by atoms with van der Waals surface area (Å²) in [4.78, 5) is 15.8. The van der Waals surface area contributed by atoms with Crippen LogP contribution in [0.5, 0.6) is 0 Å². The number of hydrogen-bond donors (Lipinski definition) is 2. The van der Waals surface area contributed by atoms with Gasteiger partial charge in [0.15, 0.2) is 5.96 Å². The van der Waals surface area contributed by atoms with Crippen LogP contribution in [0.2, 0.25) is 0 Å². The van der Waals surface area contributed by atoms with E-state index in [9.17, 15) is 4.79 Å². The van der Waals surface area contributed by atoms with Crippen LogP contribution in [0.15, 0.2) is 35.3 Å². The van der Waals surface area contributed by atoms with Crippen molar-refractivity contribution in [1.29, 1.82) is 0 Å². The van der Waals surface area contributed by atoms with Crippen LogP contribution in [0, 0.1) is 0 Å². The van der Waals surface area contributed by atoms with Crippen molar-refractivity contribution in [1.82, 2.24) is 10.6 Å². The first-order valence-electron chi connectivity index (χ1n) is 7.92. The fourth-order valence-corrected chi connectivity index (χ4v) is 2.00. The Morgan fingerprint density at radius 3 is 2.64 bits per heavy atom. The summed E-state index contributed by atoms with van der Waals surface area (Å²) in [6.07, 6.45) is 1.10. The van der Waals surface area contributed by atoms with E-state index in [1.807, 2.05) is 32.0 Å². The number of benzene rings is 1. The Morgan fingerprint density at radius 1 is 1.27 bits per heavy atom. The highest BCUT2D eigenvalue weighted by Crippen LogP contribution is 2.10. The molecule has 1 rings (SSSR count). The van der Waals surface area contributed by atoms with Gasteiger partial charge in [-0.1, -0.05) is 30.3 Å². The second-order valence-electron chi connectivity index (χ2n) is 4.95. The summed E-state index contributed by atoms with van der Waals surface area (Å²) in [6, 6.07) is 10.4. The zero-order valence-electron chi connectivity index (χ0n) is 13.8. The van der Waals surface area contributed by atoms with Crippen molar-refractivity contribution in [2.24, 2.45) is 4.99 Å². The molecule has 0 aliphatic heterocycles. The van der Waals surface area contributed by atoms with E-state index in [1.165, 1.54) is 5.56 Å². The lowest BCUT2D eigenvalue weighted by atomic mass is 10.1. The maximum atomic E-state index is 11.3. The molecule has 0 bridgehead atoms. The molecule has 1 atom stereocenters. The maximum absolute atomic E-state index is 11.3. The lowest BCUT2D eigenvalue weighted by molar-refractivity contribution is -0.143. The summed E-state index contributed by atoms with van der Waals surface area (Å²) >= 11 is 0. The molecule has 0 spiro atoms. The highest BCUT2D eigenvalue weighted by atomic mass is 16.5. The molecule has 0 saturated heterocycles. The second kappa shape index (κ2) is 10.7. The van der Waals surface area contributed by atoms with E-state index in [0.717, 1.165) is 12.5 Å². The molecule has 0 heterocycles. The minimum Gasteiger partial charge on any atom is -0.466 e. The first-order chi connectivity index (χ1) is 10.7. The van der Waals surface area contributed by atoms with E-state index in [0.29, 0.717) is 26.0 Å². The highest BCUT2D eigenvalue weighted by molar-refractivity contribution is 5.80. The molecule has 2 N–H and O–H groups in total. The van der Waals surface area contributed by atoms with Gasteiger partial charge in [0.1, 0.15) is 0 Å². The molecule has 5 nitrogen and oxygen atoms in total. The smallest absolute Gasteiger partial charge is 0.305 e. The third kappa shape index (κ3) is 7.11. The molecule has 1 aromatic rings. The molecular weight excluding hydrogens is 278 g/mol. The van der Waals surface area contributed by atoms with Crippen LogP contribution in [0.3, 0.4) is 0 Å². The normalized spacial score (nSPS) is 12.6.